The summed E-state index contributed by atoms with van der Waals surface area (Å²) in [6.07, 6.45) is 0.665. The fraction of sp³-hybridized carbons (Fsp3) is 0.294. The Labute approximate surface area is 159 Å². The number of benzene rings is 1. The van der Waals surface area contributed by atoms with Crippen molar-refractivity contribution in [2.24, 2.45) is 0 Å². The lowest BCUT2D eigenvalue weighted by atomic mass is 10.1. The van der Waals surface area contributed by atoms with E-state index >= 15 is 0 Å². The van der Waals surface area contributed by atoms with E-state index in [0.29, 0.717) is 13.0 Å². The van der Waals surface area contributed by atoms with Crippen molar-refractivity contribution in [1.82, 2.24) is 5.32 Å². The molecule has 0 saturated heterocycles. The minimum absolute atomic E-state index is 0.104. The Balaban J connectivity index is 1.97. The zero-order valence-electron chi connectivity index (χ0n) is 14.7. The summed E-state index contributed by atoms with van der Waals surface area (Å²) in [6, 6.07) is 6.08. The second kappa shape index (κ2) is 9.53. The van der Waals surface area contributed by atoms with Gasteiger partial charge in [-0.1, -0.05) is 6.07 Å². The van der Waals surface area contributed by atoms with Crippen molar-refractivity contribution in [2.75, 3.05) is 27.4 Å². The van der Waals surface area contributed by atoms with E-state index in [0.717, 1.165) is 17.0 Å². The van der Waals surface area contributed by atoms with Crippen LogP contribution in [0.4, 0.5) is 5.69 Å². The molecule has 9 nitrogen and oxygen atoms in total. The minimum Gasteiger partial charge on any atom is -0.493 e. The second-order valence-corrected chi connectivity index (χ2v) is 6.27. The van der Waals surface area contributed by atoms with Gasteiger partial charge in [0.1, 0.15) is 5.56 Å². The van der Waals surface area contributed by atoms with E-state index < -0.39 is 29.1 Å². The number of hydrogen-bond donors (Lipinski definition) is 1. The van der Waals surface area contributed by atoms with Gasteiger partial charge in [-0.3, -0.25) is 14.9 Å². The van der Waals surface area contributed by atoms with Crippen molar-refractivity contribution in [2.45, 2.75) is 6.42 Å². The molecule has 0 radical (unpaired) electrons. The van der Waals surface area contributed by atoms with Crippen molar-refractivity contribution in [3.8, 4) is 11.5 Å². The summed E-state index contributed by atoms with van der Waals surface area (Å²) in [6.45, 7) is -0.151. The van der Waals surface area contributed by atoms with Crippen LogP contribution in [0.25, 0.3) is 0 Å². The van der Waals surface area contributed by atoms with Crippen LogP contribution in [-0.2, 0) is 16.0 Å². The molecular formula is C17H18N2O7S. The van der Waals surface area contributed by atoms with Crippen LogP contribution in [0.15, 0.2) is 29.6 Å². The Hall–Kier alpha value is -3.14. The topological polar surface area (TPSA) is 117 Å². The molecule has 0 aliphatic rings. The minimum atomic E-state index is -1.00. The Bertz CT molecular complexity index is 821. The van der Waals surface area contributed by atoms with Crippen molar-refractivity contribution in [3.63, 3.8) is 0 Å². The number of carbonyl (C=O) groups excluding carboxylic acids is 2. The van der Waals surface area contributed by atoms with Gasteiger partial charge >= 0.3 is 5.97 Å². The predicted octanol–water partition coefficient (Wildman–Crippen LogP) is 2.19. The van der Waals surface area contributed by atoms with E-state index in [1.165, 1.54) is 14.2 Å². The quantitative estimate of drug-likeness (QED) is 0.393. The molecule has 0 aliphatic heterocycles. The highest BCUT2D eigenvalue weighted by Crippen LogP contribution is 2.34. The molecule has 0 fully saturated rings. The fourth-order valence-electron chi connectivity index (χ4n) is 2.22. The number of thiophene rings is 1. The zero-order valence-corrected chi connectivity index (χ0v) is 15.5. The van der Waals surface area contributed by atoms with Gasteiger partial charge in [-0.2, -0.15) is 0 Å². The van der Waals surface area contributed by atoms with Gasteiger partial charge in [-0.25, -0.2) is 4.79 Å². The number of rotatable bonds is 9. The highest BCUT2D eigenvalue weighted by Gasteiger charge is 2.26. The SMILES string of the molecule is COc1cc(C(=O)OCC(=O)NCCc2cccs2)c([N+](=O)[O-])cc1OC. The Morgan fingerprint density at radius 3 is 2.52 bits per heavy atom. The first kappa shape index (κ1) is 20.2. The van der Waals surface area contributed by atoms with Crippen LogP contribution in [0.1, 0.15) is 15.2 Å². The average molecular weight is 394 g/mol. The Morgan fingerprint density at radius 1 is 1.22 bits per heavy atom. The number of nitrogens with one attached hydrogen (secondary N) is 1. The average Bonchev–Trinajstić information content (AvgIpc) is 3.18. The summed E-state index contributed by atoms with van der Waals surface area (Å²) in [5.41, 5.74) is -0.834. The normalized spacial score (nSPS) is 10.1. The van der Waals surface area contributed by atoms with E-state index in [-0.39, 0.29) is 17.1 Å². The molecule has 1 amide bonds. The van der Waals surface area contributed by atoms with Crippen molar-refractivity contribution in [3.05, 3.63) is 50.2 Å². The van der Waals surface area contributed by atoms with E-state index in [1.807, 2.05) is 17.5 Å². The highest BCUT2D eigenvalue weighted by atomic mass is 32.1. The first-order chi connectivity index (χ1) is 13.0. The van der Waals surface area contributed by atoms with E-state index in [4.69, 9.17) is 14.2 Å². The molecule has 2 rings (SSSR count). The molecular weight excluding hydrogens is 376 g/mol. The van der Waals surface area contributed by atoms with Gasteiger partial charge in [0, 0.05) is 17.5 Å². The number of nitro groups is 1. The summed E-state index contributed by atoms with van der Waals surface area (Å²) in [5.74, 6) is -1.26. The molecule has 1 aromatic carbocycles. The molecule has 0 unspecified atom stereocenters. The molecule has 1 N–H and O–H groups in total. The standard InChI is InChI=1S/C17H18N2O7S/c1-24-14-8-12(13(19(22)23)9-15(14)25-2)17(21)26-10-16(20)18-6-5-11-4-3-7-27-11/h3-4,7-9H,5-6,10H2,1-2H3,(H,18,20). The van der Waals surface area contributed by atoms with E-state index in [1.54, 1.807) is 11.3 Å². The summed E-state index contributed by atoms with van der Waals surface area (Å²) in [4.78, 5) is 35.6. The lowest BCUT2D eigenvalue weighted by molar-refractivity contribution is -0.385. The van der Waals surface area contributed by atoms with Crippen LogP contribution in [0.3, 0.4) is 0 Å². The van der Waals surface area contributed by atoms with Crippen LogP contribution >= 0.6 is 11.3 Å². The number of amides is 1. The van der Waals surface area contributed by atoms with E-state index in [2.05, 4.69) is 5.32 Å². The summed E-state index contributed by atoms with van der Waals surface area (Å²) < 4.78 is 14.9. The number of nitro benzene ring substituents is 1. The summed E-state index contributed by atoms with van der Waals surface area (Å²) >= 11 is 1.58. The number of esters is 1. The maximum absolute atomic E-state index is 12.2. The number of nitrogens with zero attached hydrogens (tertiary/aromatic N) is 1. The van der Waals surface area contributed by atoms with Gasteiger partial charge in [0.2, 0.25) is 0 Å². The van der Waals surface area contributed by atoms with Crippen LogP contribution in [0.5, 0.6) is 11.5 Å². The molecule has 2 aromatic rings. The number of ether oxygens (including phenoxy) is 3. The lowest BCUT2D eigenvalue weighted by Crippen LogP contribution is -2.30. The number of carbonyl (C=O) groups is 2. The van der Waals surface area contributed by atoms with Gasteiger partial charge in [0.15, 0.2) is 18.1 Å². The largest absolute Gasteiger partial charge is 0.493 e. The molecule has 0 bridgehead atoms. The molecule has 0 aliphatic carbocycles. The van der Waals surface area contributed by atoms with Crippen LogP contribution in [0, 0.1) is 10.1 Å². The number of methoxy groups -OCH3 is 2. The molecule has 1 aromatic heterocycles. The van der Waals surface area contributed by atoms with Crippen LogP contribution < -0.4 is 14.8 Å². The third-order valence-corrected chi connectivity index (χ3v) is 4.46. The van der Waals surface area contributed by atoms with Crippen LogP contribution in [0.2, 0.25) is 0 Å². The molecule has 1 heterocycles. The zero-order chi connectivity index (χ0) is 19.8. The van der Waals surface area contributed by atoms with Crippen molar-refractivity contribution >= 4 is 28.9 Å². The maximum atomic E-state index is 12.2. The Kier molecular flexibility index (Phi) is 7.12. The second-order valence-electron chi connectivity index (χ2n) is 5.24. The molecule has 10 heteroatoms. The van der Waals surface area contributed by atoms with Gasteiger partial charge in [-0.15, -0.1) is 11.3 Å². The monoisotopic (exact) mass is 394 g/mol. The summed E-state index contributed by atoms with van der Waals surface area (Å²) in [5, 5.41) is 15.8. The maximum Gasteiger partial charge on any atom is 0.345 e. The summed E-state index contributed by atoms with van der Waals surface area (Å²) in [7, 11) is 2.65. The molecule has 0 spiro atoms. The van der Waals surface area contributed by atoms with E-state index in [9.17, 15) is 19.7 Å². The van der Waals surface area contributed by atoms with Crippen molar-refractivity contribution in [1.29, 1.82) is 0 Å². The first-order valence-corrected chi connectivity index (χ1v) is 8.70. The Morgan fingerprint density at radius 2 is 1.93 bits per heavy atom. The van der Waals surface area contributed by atoms with Crippen molar-refractivity contribution < 1.29 is 28.7 Å². The molecule has 144 valence electrons. The van der Waals surface area contributed by atoms with Gasteiger partial charge < -0.3 is 19.5 Å². The highest BCUT2D eigenvalue weighted by molar-refractivity contribution is 7.09. The van der Waals surface area contributed by atoms with Gasteiger partial charge in [0.25, 0.3) is 11.6 Å². The molecule has 0 atom stereocenters. The predicted molar refractivity (Wildman–Crippen MR) is 97.5 cm³/mol. The first-order valence-electron chi connectivity index (χ1n) is 7.83. The lowest BCUT2D eigenvalue weighted by Gasteiger charge is -2.10. The number of hydrogen-bond acceptors (Lipinski definition) is 8. The van der Waals surface area contributed by atoms with Gasteiger partial charge in [0.05, 0.1) is 25.2 Å². The van der Waals surface area contributed by atoms with Gasteiger partial charge in [-0.05, 0) is 17.9 Å². The third-order valence-electron chi connectivity index (χ3n) is 3.53. The molecule has 27 heavy (non-hydrogen) atoms. The molecule has 0 saturated carbocycles. The fourth-order valence-corrected chi connectivity index (χ4v) is 2.93. The van der Waals surface area contributed by atoms with Crippen LogP contribution in [-0.4, -0.2) is 44.2 Å². The third kappa shape index (κ3) is 5.42. The smallest absolute Gasteiger partial charge is 0.345 e.